The lowest BCUT2D eigenvalue weighted by molar-refractivity contribution is -0.123. The molecule has 2 unspecified atom stereocenters. The number of carbonyl (C=O) groups excluding carboxylic acids is 1. The monoisotopic (exact) mass is 367 g/mol. The fourth-order valence-corrected chi connectivity index (χ4v) is 4.70. The van der Waals surface area contributed by atoms with Gasteiger partial charge < -0.3 is 9.73 Å². The predicted octanol–water partition coefficient (Wildman–Crippen LogP) is 2.56. The van der Waals surface area contributed by atoms with E-state index < -0.39 is 15.8 Å². The zero-order chi connectivity index (χ0) is 17.2. The van der Waals surface area contributed by atoms with Crippen molar-refractivity contribution in [3.63, 3.8) is 0 Å². The van der Waals surface area contributed by atoms with Crippen molar-refractivity contribution in [3.05, 3.63) is 59.0 Å². The second kappa shape index (κ2) is 6.99. The Balaban J connectivity index is 1.78. The number of nitrogens with one attached hydrogen (secondary N) is 1. The van der Waals surface area contributed by atoms with Crippen molar-refractivity contribution in [1.82, 2.24) is 5.32 Å². The van der Waals surface area contributed by atoms with Gasteiger partial charge in [-0.05, 0) is 36.2 Å². The maximum absolute atomic E-state index is 12.7. The number of amides is 1. The van der Waals surface area contributed by atoms with Gasteiger partial charge in [0.05, 0.1) is 23.7 Å². The number of furan rings is 1. The van der Waals surface area contributed by atoms with Gasteiger partial charge in [0.15, 0.2) is 9.84 Å². The zero-order valence-electron chi connectivity index (χ0n) is 12.9. The van der Waals surface area contributed by atoms with Gasteiger partial charge in [0.25, 0.3) is 0 Å². The van der Waals surface area contributed by atoms with E-state index in [-0.39, 0.29) is 23.5 Å². The smallest absolute Gasteiger partial charge is 0.228 e. The van der Waals surface area contributed by atoms with Gasteiger partial charge in [-0.3, -0.25) is 4.79 Å². The van der Waals surface area contributed by atoms with Crippen molar-refractivity contribution in [3.8, 4) is 0 Å². The molecule has 0 radical (unpaired) electrons. The molecule has 3 rings (SSSR count). The molecule has 0 saturated carbocycles. The zero-order valence-corrected chi connectivity index (χ0v) is 14.5. The van der Waals surface area contributed by atoms with Crippen LogP contribution in [0.3, 0.4) is 0 Å². The normalized spacial score (nSPS) is 20.6. The Hall–Kier alpha value is -1.79. The molecule has 1 saturated heterocycles. The minimum atomic E-state index is -3.04. The third kappa shape index (κ3) is 4.19. The first kappa shape index (κ1) is 17.0. The third-order valence-corrected chi connectivity index (χ3v) is 6.17. The summed E-state index contributed by atoms with van der Waals surface area (Å²) in [5.74, 6) is 0.172. The largest absolute Gasteiger partial charge is 0.469 e. The first-order chi connectivity index (χ1) is 11.4. The van der Waals surface area contributed by atoms with Crippen LogP contribution in [-0.2, 0) is 21.1 Å². The van der Waals surface area contributed by atoms with Gasteiger partial charge in [-0.1, -0.05) is 23.7 Å². The maximum Gasteiger partial charge on any atom is 0.228 e. The standard InChI is InChI=1S/C17H18ClNO4S/c18-13-5-3-12(4-6-13)16(10-15-2-1-8-23-15)17(20)19-14-7-9-24(21,22)11-14/h1-6,8,14,16H,7,9-11H2,(H,19,20). The van der Waals surface area contributed by atoms with Gasteiger partial charge in [0.2, 0.25) is 5.91 Å². The average Bonchev–Trinajstić information content (AvgIpc) is 3.15. The summed E-state index contributed by atoms with van der Waals surface area (Å²) in [5.41, 5.74) is 0.814. The highest BCUT2D eigenvalue weighted by Gasteiger charge is 2.31. The number of hydrogen-bond acceptors (Lipinski definition) is 4. The highest BCUT2D eigenvalue weighted by molar-refractivity contribution is 7.91. The minimum Gasteiger partial charge on any atom is -0.469 e. The maximum atomic E-state index is 12.7. The fraction of sp³-hybridized carbons (Fsp3) is 0.353. The Morgan fingerprint density at radius 1 is 1.29 bits per heavy atom. The molecule has 7 heteroatoms. The Kier molecular flexibility index (Phi) is 4.96. The van der Waals surface area contributed by atoms with E-state index in [1.807, 2.05) is 6.07 Å². The molecule has 24 heavy (non-hydrogen) atoms. The molecule has 5 nitrogen and oxygen atoms in total. The predicted molar refractivity (Wildman–Crippen MR) is 91.8 cm³/mol. The first-order valence-electron chi connectivity index (χ1n) is 7.71. The number of hydrogen-bond donors (Lipinski definition) is 1. The van der Waals surface area contributed by atoms with Crippen molar-refractivity contribution in [1.29, 1.82) is 0 Å². The van der Waals surface area contributed by atoms with Crippen LogP contribution in [0, 0.1) is 0 Å². The van der Waals surface area contributed by atoms with Gasteiger partial charge in [0, 0.05) is 17.5 Å². The quantitative estimate of drug-likeness (QED) is 0.881. The number of sulfone groups is 1. The molecule has 2 atom stereocenters. The van der Waals surface area contributed by atoms with E-state index >= 15 is 0 Å². The third-order valence-electron chi connectivity index (χ3n) is 4.15. The lowest BCUT2D eigenvalue weighted by Gasteiger charge is -2.19. The van der Waals surface area contributed by atoms with E-state index in [0.29, 0.717) is 23.6 Å². The van der Waals surface area contributed by atoms with Gasteiger partial charge in [0.1, 0.15) is 5.76 Å². The summed E-state index contributed by atoms with van der Waals surface area (Å²) in [6, 6.07) is 10.3. The highest BCUT2D eigenvalue weighted by Crippen LogP contribution is 2.24. The molecule has 0 bridgehead atoms. The van der Waals surface area contributed by atoms with Crippen LogP contribution >= 0.6 is 11.6 Å². The number of halogens is 1. The molecule has 2 aromatic rings. The molecule has 128 valence electrons. The Morgan fingerprint density at radius 3 is 2.62 bits per heavy atom. The molecule has 1 N–H and O–H groups in total. The summed E-state index contributed by atoms with van der Waals surface area (Å²) < 4.78 is 28.5. The summed E-state index contributed by atoms with van der Waals surface area (Å²) in [7, 11) is -3.04. The number of carbonyl (C=O) groups is 1. The Bertz CT molecular complexity index is 800. The molecule has 0 spiro atoms. The second-order valence-electron chi connectivity index (χ2n) is 6.00. The molecule has 0 aliphatic carbocycles. The van der Waals surface area contributed by atoms with E-state index in [1.54, 1.807) is 36.6 Å². The van der Waals surface area contributed by atoms with Crippen LogP contribution in [0.5, 0.6) is 0 Å². The topological polar surface area (TPSA) is 76.4 Å². The molecule has 1 amide bonds. The first-order valence-corrected chi connectivity index (χ1v) is 9.91. The van der Waals surface area contributed by atoms with Crippen molar-refractivity contribution in [2.24, 2.45) is 0 Å². The highest BCUT2D eigenvalue weighted by atomic mass is 35.5. The average molecular weight is 368 g/mol. The van der Waals surface area contributed by atoms with E-state index in [0.717, 1.165) is 5.56 Å². The van der Waals surface area contributed by atoms with Gasteiger partial charge in [-0.15, -0.1) is 0 Å². The Labute approximate surface area is 145 Å². The van der Waals surface area contributed by atoms with Crippen molar-refractivity contribution < 1.29 is 17.6 Å². The van der Waals surface area contributed by atoms with Crippen LogP contribution in [-0.4, -0.2) is 31.9 Å². The van der Waals surface area contributed by atoms with Gasteiger partial charge in [-0.25, -0.2) is 8.42 Å². The van der Waals surface area contributed by atoms with Crippen LogP contribution in [0.2, 0.25) is 5.02 Å². The van der Waals surface area contributed by atoms with E-state index in [1.165, 1.54) is 0 Å². The molecular formula is C17H18ClNO4S. The molecule has 1 aromatic heterocycles. The minimum absolute atomic E-state index is 0.00678. The summed E-state index contributed by atoms with van der Waals surface area (Å²) in [6.07, 6.45) is 2.43. The van der Waals surface area contributed by atoms with Crippen LogP contribution in [0.1, 0.15) is 23.7 Å². The summed E-state index contributed by atoms with van der Waals surface area (Å²) >= 11 is 5.92. The van der Waals surface area contributed by atoms with Gasteiger partial charge in [-0.2, -0.15) is 0 Å². The summed E-state index contributed by atoms with van der Waals surface area (Å²) in [6.45, 7) is 0. The number of rotatable bonds is 5. The van der Waals surface area contributed by atoms with Crippen LogP contribution < -0.4 is 5.32 Å². The summed E-state index contributed by atoms with van der Waals surface area (Å²) in [5, 5.41) is 3.46. The van der Waals surface area contributed by atoms with Crippen LogP contribution in [0.4, 0.5) is 0 Å². The van der Waals surface area contributed by atoms with Gasteiger partial charge >= 0.3 is 0 Å². The SMILES string of the molecule is O=C(NC1CCS(=O)(=O)C1)C(Cc1ccco1)c1ccc(Cl)cc1. The van der Waals surface area contributed by atoms with Crippen molar-refractivity contribution in [2.75, 3.05) is 11.5 Å². The Morgan fingerprint density at radius 2 is 2.04 bits per heavy atom. The lowest BCUT2D eigenvalue weighted by Crippen LogP contribution is -2.39. The lowest BCUT2D eigenvalue weighted by atomic mass is 9.93. The second-order valence-corrected chi connectivity index (χ2v) is 8.66. The van der Waals surface area contributed by atoms with Crippen LogP contribution in [0.15, 0.2) is 47.1 Å². The molecule has 2 heterocycles. The van der Waals surface area contributed by atoms with E-state index in [9.17, 15) is 13.2 Å². The van der Waals surface area contributed by atoms with Crippen LogP contribution in [0.25, 0.3) is 0 Å². The molecule has 1 aromatic carbocycles. The van der Waals surface area contributed by atoms with Crippen molar-refractivity contribution >= 4 is 27.3 Å². The van der Waals surface area contributed by atoms with E-state index in [2.05, 4.69) is 5.32 Å². The van der Waals surface area contributed by atoms with Crippen molar-refractivity contribution in [2.45, 2.75) is 24.8 Å². The molecule has 1 aliphatic heterocycles. The number of benzene rings is 1. The van der Waals surface area contributed by atoms with E-state index in [4.69, 9.17) is 16.0 Å². The molecular weight excluding hydrogens is 350 g/mol. The molecule has 1 aliphatic rings. The fourth-order valence-electron chi connectivity index (χ4n) is 2.90. The molecule has 1 fully saturated rings. The summed E-state index contributed by atoms with van der Waals surface area (Å²) in [4.78, 5) is 12.7.